The maximum absolute atomic E-state index is 13.9. The average molecular weight is 318 g/mol. The van der Waals surface area contributed by atoms with Crippen molar-refractivity contribution in [3.05, 3.63) is 53.1 Å². The van der Waals surface area contributed by atoms with Crippen LogP contribution in [0, 0.1) is 18.6 Å². The number of nitrogens with zero attached hydrogens (tertiary/aromatic N) is 1. The lowest BCUT2D eigenvalue weighted by atomic mass is 9.96. The minimum atomic E-state index is -0.676. The van der Waals surface area contributed by atoms with Crippen molar-refractivity contribution in [3.8, 4) is 11.5 Å². The molecule has 0 saturated heterocycles. The summed E-state index contributed by atoms with van der Waals surface area (Å²) < 4.78 is 32.8. The first kappa shape index (κ1) is 15.4. The number of rotatable bonds is 2. The van der Waals surface area contributed by atoms with E-state index in [9.17, 15) is 13.6 Å². The molecule has 0 spiro atoms. The second-order valence-electron chi connectivity index (χ2n) is 5.60. The molecule has 23 heavy (non-hydrogen) atoms. The number of fused-ring (bicyclic) bond motifs is 1. The molecule has 0 saturated carbocycles. The standard InChI is InChI=1S/C17H16F2N2O2/c1-9-3-4-10-7-13(20)17(22)21(2)15(10)16(9)23-14-8-11(18)5-6-12(14)19/h3-6,8,13H,7,20H2,1-2H3/t13-/m1/s1. The van der Waals surface area contributed by atoms with Crippen molar-refractivity contribution in [2.75, 3.05) is 11.9 Å². The van der Waals surface area contributed by atoms with E-state index in [2.05, 4.69) is 0 Å². The first-order valence-corrected chi connectivity index (χ1v) is 7.17. The summed E-state index contributed by atoms with van der Waals surface area (Å²) in [7, 11) is 1.59. The second kappa shape index (κ2) is 5.62. The van der Waals surface area contributed by atoms with Crippen LogP contribution in [-0.2, 0) is 11.2 Å². The van der Waals surface area contributed by atoms with E-state index >= 15 is 0 Å². The van der Waals surface area contributed by atoms with Crippen LogP contribution in [0.15, 0.2) is 30.3 Å². The van der Waals surface area contributed by atoms with Gasteiger partial charge in [-0.1, -0.05) is 12.1 Å². The number of likely N-dealkylation sites (N-methyl/N-ethyl adjacent to an activating group) is 1. The fourth-order valence-electron chi connectivity index (χ4n) is 2.72. The Hall–Kier alpha value is -2.47. The third kappa shape index (κ3) is 2.66. The molecule has 1 amide bonds. The van der Waals surface area contributed by atoms with E-state index < -0.39 is 17.7 Å². The molecule has 6 heteroatoms. The SMILES string of the molecule is Cc1ccc2c(c1Oc1cc(F)ccc1F)N(C)C(=O)[C@H](N)C2. The van der Waals surface area contributed by atoms with Crippen LogP contribution in [0.1, 0.15) is 11.1 Å². The third-order valence-corrected chi connectivity index (χ3v) is 3.94. The average Bonchev–Trinajstić information content (AvgIpc) is 2.51. The van der Waals surface area contributed by atoms with Crippen molar-refractivity contribution >= 4 is 11.6 Å². The predicted octanol–water partition coefficient (Wildman–Crippen LogP) is 2.91. The van der Waals surface area contributed by atoms with E-state index in [1.54, 1.807) is 14.0 Å². The summed E-state index contributed by atoms with van der Waals surface area (Å²) in [4.78, 5) is 13.5. The summed E-state index contributed by atoms with van der Waals surface area (Å²) in [6.07, 6.45) is 0.376. The molecular formula is C17H16F2N2O2. The van der Waals surface area contributed by atoms with Crippen molar-refractivity contribution in [1.82, 2.24) is 0 Å². The van der Waals surface area contributed by atoms with Crippen molar-refractivity contribution in [1.29, 1.82) is 0 Å². The highest BCUT2D eigenvalue weighted by Gasteiger charge is 2.31. The molecule has 1 heterocycles. The van der Waals surface area contributed by atoms with Crippen LogP contribution in [-0.4, -0.2) is 19.0 Å². The Morgan fingerprint density at radius 2 is 2.00 bits per heavy atom. The molecule has 0 radical (unpaired) electrons. The van der Waals surface area contributed by atoms with Crippen molar-refractivity contribution in [2.24, 2.45) is 5.73 Å². The first-order valence-electron chi connectivity index (χ1n) is 7.17. The van der Waals surface area contributed by atoms with Crippen molar-refractivity contribution in [2.45, 2.75) is 19.4 Å². The van der Waals surface area contributed by atoms with E-state index in [1.165, 1.54) is 4.90 Å². The zero-order chi connectivity index (χ0) is 16.7. The Morgan fingerprint density at radius 3 is 2.74 bits per heavy atom. The molecule has 0 unspecified atom stereocenters. The summed E-state index contributed by atoms with van der Waals surface area (Å²) in [5.41, 5.74) is 7.91. The maximum atomic E-state index is 13.9. The number of carbonyl (C=O) groups excluding carboxylic acids is 1. The van der Waals surface area contributed by atoms with E-state index in [0.717, 1.165) is 23.8 Å². The molecule has 0 aliphatic carbocycles. The number of nitrogens with two attached hydrogens (primary N) is 1. The van der Waals surface area contributed by atoms with E-state index in [0.29, 0.717) is 23.4 Å². The molecular weight excluding hydrogens is 302 g/mol. The topological polar surface area (TPSA) is 55.6 Å². The van der Waals surface area contributed by atoms with Gasteiger partial charge in [-0.2, -0.15) is 0 Å². The van der Waals surface area contributed by atoms with Crippen LogP contribution < -0.4 is 15.4 Å². The lowest BCUT2D eigenvalue weighted by Crippen LogP contribution is -2.47. The summed E-state index contributed by atoms with van der Waals surface area (Å²) in [6, 6.07) is 6.05. The normalized spacial score (nSPS) is 17.2. The van der Waals surface area contributed by atoms with Gasteiger partial charge in [0.15, 0.2) is 17.3 Å². The molecule has 1 atom stereocenters. The summed E-state index contributed by atoms with van der Waals surface area (Å²) in [5.74, 6) is -1.42. The number of carbonyl (C=O) groups is 1. The fraction of sp³-hybridized carbons (Fsp3) is 0.235. The molecule has 0 bridgehead atoms. The van der Waals surface area contributed by atoms with Gasteiger partial charge in [-0.15, -0.1) is 0 Å². The Balaban J connectivity index is 2.11. The van der Waals surface area contributed by atoms with E-state index in [4.69, 9.17) is 10.5 Å². The molecule has 1 aliphatic rings. The molecule has 2 N–H and O–H groups in total. The fourth-order valence-corrected chi connectivity index (χ4v) is 2.72. The highest BCUT2D eigenvalue weighted by molar-refractivity contribution is 6.01. The molecule has 0 aromatic heterocycles. The number of amides is 1. The zero-order valence-corrected chi connectivity index (χ0v) is 12.8. The van der Waals surface area contributed by atoms with Crippen molar-refractivity contribution < 1.29 is 18.3 Å². The third-order valence-electron chi connectivity index (χ3n) is 3.94. The Bertz CT molecular complexity index is 792. The van der Waals surface area contributed by atoms with Gasteiger partial charge in [0.05, 0.1) is 11.7 Å². The summed E-state index contributed by atoms with van der Waals surface area (Å²) in [5, 5.41) is 0. The summed E-state index contributed by atoms with van der Waals surface area (Å²) in [6.45, 7) is 1.78. The van der Waals surface area contributed by atoms with E-state index in [-0.39, 0.29) is 11.7 Å². The smallest absolute Gasteiger partial charge is 0.244 e. The lowest BCUT2D eigenvalue weighted by Gasteiger charge is -2.31. The van der Waals surface area contributed by atoms with Gasteiger partial charge >= 0.3 is 0 Å². The molecule has 0 fully saturated rings. The van der Waals surface area contributed by atoms with Gasteiger partial charge in [-0.25, -0.2) is 8.78 Å². The number of hydrogen-bond donors (Lipinski definition) is 1. The van der Waals surface area contributed by atoms with Crippen LogP contribution in [0.4, 0.5) is 14.5 Å². The number of benzene rings is 2. The van der Waals surface area contributed by atoms with Crippen LogP contribution in [0.25, 0.3) is 0 Å². The van der Waals surface area contributed by atoms with Gasteiger partial charge in [0.2, 0.25) is 5.91 Å². The predicted molar refractivity (Wildman–Crippen MR) is 82.7 cm³/mol. The molecule has 3 rings (SSSR count). The minimum absolute atomic E-state index is 0.225. The second-order valence-corrected chi connectivity index (χ2v) is 5.60. The van der Waals surface area contributed by atoms with Gasteiger partial charge in [-0.3, -0.25) is 4.79 Å². The largest absolute Gasteiger partial charge is 0.452 e. The van der Waals surface area contributed by atoms with Gasteiger partial charge in [-0.05, 0) is 36.6 Å². The van der Waals surface area contributed by atoms with E-state index in [1.807, 2.05) is 12.1 Å². The molecule has 4 nitrogen and oxygen atoms in total. The summed E-state index contributed by atoms with van der Waals surface area (Å²) >= 11 is 0. The molecule has 1 aliphatic heterocycles. The highest BCUT2D eigenvalue weighted by atomic mass is 19.1. The number of anilines is 1. The monoisotopic (exact) mass is 318 g/mol. The molecule has 120 valence electrons. The number of aryl methyl sites for hydroxylation is 1. The van der Waals surface area contributed by atoms with Crippen molar-refractivity contribution in [3.63, 3.8) is 0 Å². The highest BCUT2D eigenvalue weighted by Crippen LogP contribution is 2.41. The number of ether oxygens (including phenoxy) is 1. The number of hydrogen-bond acceptors (Lipinski definition) is 3. The number of halogens is 2. The van der Waals surface area contributed by atoms with Crippen LogP contribution in [0.2, 0.25) is 0 Å². The maximum Gasteiger partial charge on any atom is 0.244 e. The van der Waals surface area contributed by atoms with Gasteiger partial charge in [0.25, 0.3) is 0 Å². The van der Waals surface area contributed by atoms with Gasteiger partial charge in [0, 0.05) is 13.1 Å². The molecule has 2 aromatic rings. The Labute approximate surface area is 132 Å². The van der Waals surface area contributed by atoms with Gasteiger partial charge < -0.3 is 15.4 Å². The first-order chi connectivity index (χ1) is 10.9. The van der Waals surface area contributed by atoms with Crippen LogP contribution in [0.5, 0.6) is 11.5 Å². The Morgan fingerprint density at radius 1 is 1.26 bits per heavy atom. The van der Waals surface area contributed by atoms with Crippen LogP contribution >= 0.6 is 0 Å². The Kier molecular flexibility index (Phi) is 3.77. The zero-order valence-electron chi connectivity index (χ0n) is 12.8. The van der Waals surface area contributed by atoms with Crippen LogP contribution in [0.3, 0.4) is 0 Å². The van der Waals surface area contributed by atoms with Gasteiger partial charge in [0.1, 0.15) is 5.82 Å². The molecule has 2 aromatic carbocycles. The minimum Gasteiger partial charge on any atom is -0.452 e. The quantitative estimate of drug-likeness (QED) is 0.926. The lowest BCUT2D eigenvalue weighted by molar-refractivity contribution is -0.119.